The quantitative estimate of drug-likeness (QED) is 0.762. The Bertz CT molecular complexity index is 529. The first-order valence-corrected chi connectivity index (χ1v) is 4.43. The first-order valence-electron chi connectivity index (χ1n) is 4.43. The zero-order valence-corrected chi connectivity index (χ0v) is 8.01. The number of halogens is 2. The lowest BCUT2D eigenvalue weighted by atomic mass is 10.2. The summed E-state index contributed by atoms with van der Waals surface area (Å²) in [5, 5.41) is 0.202. The van der Waals surface area contributed by atoms with Crippen LogP contribution in [0.25, 0.3) is 11.0 Å². The lowest BCUT2D eigenvalue weighted by Gasteiger charge is -1.90. The van der Waals surface area contributed by atoms with E-state index in [1.165, 1.54) is 13.0 Å². The standard InChI is InChI=1S/C11H8F2O2/c1-6(14)2-8-5-9-10(13)3-7(12)4-11(9)15-8/h3-5H,2H2,1H3. The van der Waals surface area contributed by atoms with Gasteiger partial charge in [-0.1, -0.05) is 0 Å². The molecular formula is C11H8F2O2. The number of benzene rings is 1. The fourth-order valence-corrected chi connectivity index (χ4v) is 1.45. The molecule has 0 aliphatic carbocycles. The van der Waals surface area contributed by atoms with Crippen molar-refractivity contribution in [3.8, 4) is 0 Å². The zero-order valence-electron chi connectivity index (χ0n) is 8.01. The van der Waals surface area contributed by atoms with Crippen LogP contribution in [-0.4, -0.2) is 5.78 Å². The zero-order chi connectivity index (χ0) is 11.0. The second-order valence-corrected chi connectivity index (χ2v) is 3.39. The van der Waals surface area contributed by atoms with Crippen LogP contribution in [0.15, 0.2) is 22.6 Å². The third kappa shape index (κ3) is 1.88. The second kappa shape index (κ2) is 3.46. The van der Waals surface area contributed by atoms with Gasteiger partial charge < -0.3 is 4.42 Å². The fourth-order valence-electron chi connectivity index (χ4n) is 1.45. The Morgan fingerprint density at radius 1 is 1.33 bits per heavy atom. The van der Waals surface area contributed by atoms with E-state index in [1.807, 2.05) is 0 Å². The second-order valence-electron chi connectivity index (χ2n) is 3.39. The topological polar surface area (TPSA) is 30.2 Å². The summed E-state index contributed by atoms with van der Waals surface area (Å²) in [7, 11) is 0. The first kappa shape index (κ1) is 9.83. The molecule has 0 spiro atoms. The summed E-state index contributed by atoms with van der Waals surface area (Å²) in [4.78, 5) is 10.8. The molecule has 0 saturated heterocycles. The molecule has 0 atom stereocenters. The number of Topliss-reactive ketones (excluding diaryl/α,β-unsaturated/α-hetero) is 1. The molecular weight excluding hydrogens is 202 g/mol. The Labute approximate surface area is 84.5 Å². The molecule has 2 nitrogen and oxygen atoms in total. The molecule has 0 aliphatic rings. The molecule has 0 saturated carbocycles. The Balaban J connectivity index is 2.55. The van der Waals surface area contributed by atoms with Crippen LogP contribution in [0.2, 0.25) is 0 Å². The lowest BCUT2D eigenvalue weighted by Crippen LogP contribution is -1.93. The van der Waals surface area contributed by atoms with Crippen molar-refractivity contribution in [2.45, 2.75) is 13.3 Å². The third-order valence-electron chi connectivity index (χ3n) is 2.03. The van der Waals surface area contributed by atoms with Crippen molar-refractivity contribution in [1.29, 1.82) is 0 Å². The van der Waals surface area contributed by atoms with E-state index in [0.717, 1.165) is 12.1 Å². The van der Waals surface area contributed by atoms with Crippen molar-refractivity contribution < 1.29 is 18.0 Å². The molecule has 1 aromatic carbocycles. The van der Waals surface area contributed by atoms with Crippen molar-refractivity contribution in [2.24, 2.45) is 0 Å². The number of ketones is 1. The van der Waals surface area contributed by atoms with Gasteiger partial charge >= 0.3 is 0 Å². The number of carbonyl (C=O) groups excluding carboxylic acids is 1. The average Bonchev–Trinajstić information content (AvgIpc) is 2.45. The van der Waals surface area contributed by atoms with E-state index >= 15 is 0 Å². The average molecular weight is 210 g/mol. The molecule has 0 N–H and O–H groups in total. The maximum atomic E-state index is 13.2. The predicted octanol–water partition coefficient (Wildman–Crippen LogP) is 2.84. The number of hydrogen-bond acceptors (Lipinski definition) is 2. The van der Waals surface area contributed by atoms with Gasteiger partial charge in [-0.15, -0.1) is 0 Å². The highest BCUT2D eigenvalue weighted by Crippen LogP contribution is 2.23. The van der Waals surface area contributed by atoms with Crippen molar-refractivity contribution in [1.82, 2.24) is 0 Å². The number of rotatable bonds is 2. The third-order valence-corrected chi connectivity index (χ3v) is 2.03. The molecule has 78 valence electrons. The monoisotopic (exact) mass is 210 g/mol. The van der Waals surface area contributed by atoms with E-state index in [2.05, 4.69) is 0 Å². The Hall–Kier alpha value is -1.71. The van der Waals surface area contributed by atoms with Gasteiger partial charge in [0.2, 0.25) is 0 Å². The minimum Gasteiger partial charge on any atom is -0.460 e. The first-order chi connectivity index (χ1) is 7.06. The molecule has 2 aromatic rings. The summed E-state index contributed by atoms with van der Waals surface area (Å²) in [6.07, 6.45) is 0.0930. The number of fused-ring (bicyclic) bond motifs is 1. The summed E-state index contributed by atoms with van der Waals surface area (Å²) >= 11 is 0. The maximum Gasteiger partial charge on any atom is 0.140 e. The van der Waals surface area contributed by atoms with E-state index < -0.39 is 11.6 Å². The van der Waals surface area contributed by atoms with Crippen molar-refractivity contribution in [2.75, 3.05) is 0 Å². The molecule has 0 aliphatic heterocycles. The van der Waals surface area contributed by atoms with Gasteiger partial charge in [0, 0.05) is 12.1 Å². The van der Waals surface area contributed by atoms with Crippen LogP contribution in [0.3, 0.4) is 0 Å². The van der Waals surface area contributed by atoms with Gasteiger partial charge in [-0.3, -0.25) is 4.79 Å². The summed E-state index contributed by atoms with van der Waals surface area (Å²) in [6.45, 7) is 1.41. The molecule has 15 heavy (non-hydrogen) atoms. The molecule has 0 unspecified atom stereocenters. The summed E-state index contributed by atoms with van der Waals surface area (Å²) in [5.41, 5.74) is 0.128. The highest BCUT2D eigenvalue weighted by atomic mass is 19.1. The Morgan fingerprint density at radius 2 is 2.07 bits per heavy atom. The molecule has 0 bridgehead atoms. The van der Waals surface area contributed by atoms with Gasteiger partial charge in [-0.25, -0.2) is 8.78 Å². The van der Waals surface area contributed by atoms with E-state index in [4.69, 9.17) is 4.42 Å². The molecule has 4 heteroatoms. The number of hydrogen-bond donors (Lipinski definition) is 0. The SMILES string of the molecule is CC(=O)Cc1cc2c(F)cc(F)cc2o1. The summed E-state index contributed by atoms with van der Waals surface area (Å²) < 4.78 is 31.2. The van der Waals surface area contributed by atoms with Gasteiger partial charge in [0.25, 0.3) is 0 Å². The summed E-state index contributed by atoms with van der Waals surface area (Å²) in [5.74, 6) is -1.11. The van der Waals surface area contributed by atoms with E-state index in [9.17, 15) is 13.6 Å². The van der Waals surface area contributed by atoms with Crippen LogP contribution < -0.4 is 0 Å². The maximum absolute atomic E-state index is 13.2. The van der Waals surface area contributed by atoms with E-state index in [-0.39, 0.29) is 23.2 Å². The molecule has 0 fully saturated rings. The molecule has 0 amide bonds. The smallest absolute Gasteiger partial charge is 0.140 e. The van der Waals surface area contributed by atoms with Gasteiger partial charge in [-0.2, -0.15) is 0 Å². The van der Waals surface area contributed by atoms with Gasteiger partial charge in [0.05, 0.1) is 11.8 Å². The number of carbonyl (C=O) groups is 1. The number of furan rings is 1. The van der Waals surface area contributed by atoms with Crippen molar-refractivity contribution >= 4 is 16.8 Å². The lowest BCUT2D eigenvalue weighted by molar-refractivity contribution is -0.116. The Morgan fingerprint density at radius 3 is 2.73 bits per heavy atom. The molecule has 1 aromatic heterocycles. The molecule has 2 rings (SSSR count). The van der Waals surface area contributed by atoms with Crippen LogP contribution in [0.1, 0.15) is 12.7 Å². The van der Waals surface area contributed by atoms with Crippen LogP contribution in [-0.2, 0) is 11.2 Å². The highest BCUT2D eigenvalue weighted by Gasteiger charge is 2.11. The normalized spacial score (nSPS) is 10.9. The van der Waals surface area contributed by atoms with Gasteiger partial charge in [-0.05, 0) is 13.0 Å². The van der Waals surface area contributed by atoms with Gasteiger partial charge in [0.15, 0.2) is 0 Å². The van der Waals surface area contributed by atoms with Crippen LogP contribution in [0.4, 0.5) is 8.78 Å². The van der Waals surface area contributed by atoms with E-state index in [1.54, 1.807) is 0 Å². The molecule has 1 heterocycles. The summed E-state index contributed by atoms with van der Waals surface area (Å²) in [6, 6.07) is 3.31. The van der Waals surface area contributed by atoms with E-state index in [0.29, 0.717) is 5.76 Å². The van der Waals surface area contributed by atoms with Crippen LogP contribution >= 0.6 is 0 Å². The fraction of sp³-hybridized carbons (Fsp3) is 0.182. The molecule has 0 radical (unpaired) electrons. The van der Waals surface area contributed by atoms with Crippen molar-refractivity contribution in [3.05, 3.63) is 35.6 Å². The highest BCUT2D eigenvalue weighted by molar-refractivity contribution is 5.82. The van der Waals surface area contributed by atoms with Gasteiger partial charge in [0.1, 0.15) is 28.8 Å². The largest absolute Gasteiger partial charge is 0.460 e. The minimum atomic E-state index is -0.691. The minimum absolute atomic E-state index is 0.0880. The van der Waals surface area contributed by atoms with Crippen LogP contribution in [0, 0.1) is 11.6 Å². The predicted molar refractivity (Wildman–Crippen MR) is 50.5 cm³/mol. The van der Waals surface area contributed by atoms with Crippen molar-refractivity contribution in [3.63, 3.8) is 0 Å². The van der Waals surface area contributed by atoms with Crippen LogP contribution in [0.5, 0.6) is 0 Å². The Kier molecular flexibility index (Phi) is 2.26.